The Bertz CT molecular complexity index is 993. The number of piperidine rings is 1. The van der Waals surface area contributed by atoms with E-state index in [-0.39, 0.29) is 0 Å². The van der Waals surface area contributed by atoms with Crippen LogP contribution in [-0.4, -0.2) is 33.6 Å². The Morgan fingerprint density at radius 3 is 2.65 bits per heavy atom. The first-order valence-electron chi connectivity index (χ1n) is 9.55. The lowest BCUT2D eigenvalue weighted by atomic mass is 10.00. The van der Waals surface area contributed by atoms with Gasteiger partial charge in [-0.1, -0.05) is 24.6 Å². The highest BCUT2D eigenvalue weighted by Gasteiger charge is 2.27. The zero-order valence-electron chi connectivity index (χ0n) is 14.9. The monoisotopic (exact) mass is 342 g/mol. The first kappa shape index (κ1) is 15.6. The standard InChI is InChI=1S/C22H22N4/c23-15-16-4-6-17(7-5-16)18-8-9-21-20(13-18)24-22-14-19-3-1-2-10-25(19)11-12-26(21)22/h4-9,13,19H,1-3,10-12,14H2/t19-/m1/s1. The number of nitrogens with zero attached hydrogens (tertiary/aromatic N) is 4. The van der Waals surface area contributed by atoms with E-state index < -0.39 is 0 Å². The number of nitriles is 1. The predicted molar refractivity (Wildman–Crippen MR) is 103 cm³/mol. The molecule has 4 nitrogen and oxygen atoms in total. The molecule has 5 rings (SSSR count). The Kier molecular flexibility index (Phi) is 3.76. The van der Waals surface area contributed by atoms with Crippen molar-refractivity contribution in [2.24, 2.45) is 0 Å². The van der Waals surface area contributed by atoms with E-state index in [1.807, 2.05) is 24.3 Å². The molecule has 2 aromatic carbocycles. The Morgan fingerprint density at radius 1 is 0.962 bits per heavy atom. The van der Waals surface area contributed by atoms with E-state index in [0.29, 0.717) is 11.6 Å². The van der Waals surface area contributed by atoms with Gasteiger partial charge in [0.05, 0.1) is 22.7 Å². The zero-order chi connectivity index (χ0) is 17.5. The van der Waals surface area contributed by atoms with Crippen molar-refractivity contribution >= 4 is 11.0 Å². The molecule has 26 heavy (non-hydrogen) atoms. The van der Waals surface area contributed by atoms with Crippen LogP contribution >= 0.6 is 0 Å². The van der Waals surface area contributed by atoms with Crippen LogP contribution in [0.5, 0.6) is 0 Å². The van der Waals surface area contributed by atoms with E-state index in [4.69, 9.17) is 10.2 Å². The summed E-state index contributed by atoms with van der Waals surface area (Å²) in [6.07, 6.45) is 5.07. The Labute approximate surface area is 153 Å². The summed E-state index contributed by atoms with van der Waals surface area (Å²) in [5.41, 5.74) is 5.33. The summed E-state index contributed by atoms with van der Waals surface area (Å²) in [7, 11) is 0. The van der Waals surface area contributed by atoms with Gasteiger partial charge in [-0.25, -0.2) is 4.98 Å². The van der Waals surface area contributed by atoms with Crippen molar-refractivity contribution in [3.63, 3.8) is 0 Å². The molecule has 0 spiro atoms. The van der Waals surface area contributed by atoms with Crippen LogP contribution in [0.2, 0.25) is 0 Å². The lowest BCUT2D eigenvalue weighted by Crippen LogP contribution is -2.40. The van der Waals surface area contributed by atoms with Gasteiger partial charge >= 0.3 is 0 Å². The van der Waals surface area contributed by atoms with Crippen molar-refractivity contribution < 1.29 is 0 Å². The molecule has 3 aromatic rings. The summed E-state index contributed by atoms with van der Waals surface area (Å²) in [5.74, 6) is 1.24. The predicted octanol–water partition coefficient (Wildman–Crippen LogP) is 3.99. The van der Waals surface area contributed by atoms with Gasteiger partial charge in [-0.15, -0.1) is 0 Å². The van der Waals surface area contributed by atoms with Gasteiger partial charge in [0.1, 0.15) is 5.82 Å². The SMILES string of the molecule is N#Cc1ccc(-c2ccc3c(c2)nc2n3CCN3CCCC[C@@H]3C2)cc1. The third kappa shape index (κ3) is 2.60. The van der Waals surface area contributed by atoms with Crippen LogP contribution in [-0.2, 0) is 13.0 Å². The second-order valence-corrected chi connectivity index (χ2v) is 7.46. The van der Waals surface area contributed by atoms with Crippen molar-refractivity contribution in [2.75, 3.05) is 13.1 Å². The lowest BCUT2D eigenvalue weighted by molar-refractivity contribution is 0.152. The molecule has 4 heteroatoms. The minimum absolute atomic E-state index is 0.666. The van der Waals surface area contributed by atoms with E-state index in [2.05, 4.69) is 33.7 Å². The molecule has 1 atom stereocenters. The molecule has 2 aliphatic heterocycles. The number of imidazole rings is 1. The van der Waals surface area contributed by atoms with Crippen LogP contribution in [0.1, 0.15) is 30.7 Å². The minimum Gasteiger partial charge on any atom is -0.327 e. The molecule has 0 N–H and O–H groups in total. The van der Waals surface area contributed by atoms with Crippen molar-refractivity contribution in [1.29, 1.82) is 5.26 Å². The van der Waals surface area contributed by atoms with Crippen molar-refractivity contribution in [3.8, 4) is 17.2 Å². The number of aromatic nitrogens is 2. The van der Waals surface area contributed by atoms with E-state index in [0.717, 1.165) is 36.2 Å². The van der Waals surface area contributed by atoms with Gasteiger partial charge in [0.15, 0.2) is 0 Å². The molecule has 0 radical (unpaired) electrons. The third-order valence-corrected chi connectivity index (χ3v) is 5.95. The van der Waals surface area contributed by atoms with Crippen molar-refractivity contribution in [3.05, 3.63) is 53.9 Å². The van der Waals surface area contributed by atoms with Crippen LogP contribution < -0.4 is 0 Å². The van der Waals surface area contributed by atoms with Gasteiger partial charge < -0.3 is 4.57 Å². The fourth-order valence-corrected chi connectivity index (χ4v) is 4.53. The quantitative estimate of drug-likeness (QED) is 0.672. The Hall–Kier alpha value is -2.64. The maximum Gasteiger partial charge on any atom is 0.111 e. The van der Waals surface area contributed by atoms with Gasteiger partial charge in [-0.05, 0) is 54.8 Å². The van der Waals surface area contributed by atoms with Crippen LogP contribution in [0.4, 0.5) is 0 Å². The minimum atomic E-state index is 0.666. The Balaban J connectivity index is 1.52. The summed E-state index contributed by atoms with van der Waals surface area (Å²) < 4.78 is 2.43. The van der Waals surface area contributed by atoms with Gasteiger partial charge in [-0.2, -0.15) is 5.26 Å². The zero-order valence-corrected chi connectivity index (χ0v) is 14.9. The first-order valence-corrected chi connectivity index (χ1v) is 9.55. The molecule has 0 saturated carbocycles. The molecule has 1 fully saturated rings. The first-order chi connectivity index (χ1) is 12.8. The van der Waals surface area contributed by atoms with E-state index in [9.17, 15) is 0 Å². The maximum atomic E-state index is 8.97. The normalized spacial score (nSPS) is 20.2. The number of fused-ring (bicyclic) bond motifs is 4. The Morgan fingerprint density at radius 2 is 1.81 bits per heavy atom. The molecule has 0 unspecified atom stereocenters. The topological polar surface area (TPSA) is 44.9 Å². The number of rotatable bonds is 1. The summed E-state index contributed by atoms with van der Waals surface area (Å²) in [6.45, 7) is 3.43. The average molecular weight is 342 g/mol. The summed E-state index contributed by atoms with van der Waals surface area (Å²) in [4.78, 5) is 7.67. The van der Waals surface area contributed by atoms with Crippen molar-refractivity contribution in [2.45, 2.75) is 38.3 Å². The number of benzene rings is 2. The lowest BCUT2D eigenvalue weighted by Gasteiger charge is -2.33. The third-order valence-electron chi connectivity index (χ3n) is 5.95. The molecule has 3 heterocycles. The highest BCUT2D eigenvalue weighted by Crippen LogP contribution is 2.29. The number of hydrogen-bond acceptors (Lipinski definition) is 3. The van der Waals surface area contributed by atoms with Crippen LogP contribution in [0, 0.1) is 11.3 Å². The molecule has 1 saturated heterocycles. The average Bonchev–Trinajstić information content (AvgIpc) is 2.92. The molecule has 2 aliphatic rings. The van der Waals surface area contributed by atoms with Crippen LogP contribution in [0.3, 0.4) is 0 Å². The molecule has 0 aliphatic carbocycles. The van der Waals surface area contributed by atoms with Gasteiger partial charge in [0, 0.05) is 25.6 Å². The number of hydrogen-bond donors (Lipinski definition) is 0. The van der Waals surface area contributed by atoms with E-state index in [1.54, 1.807) is 0 Å². The fraction of sp³-hybridized carbons (Fsp3) is 0.364. The summed E-state index contributed by atoms with van der Waals surface area (Å²) in [5, 5.41) is 8.97. The van der Waals surface area contributed by atoms with Crippen LogP contribution in [0.25, 0.3) is 22.2 Å². The van der Waals surface area contributed by atoms with Crippen molar-refractivity contribution in [1.82, 2.24) is 14.5 Å². The molecule has 0 bridgehead atoms. The molecular weight excluding hydrogens is 320 g/mol. The van der Waals surface area contributed by atoms with Crippen LogP contribution in [0.15, 0.2) is 42.5 Å². The molecule has 130 valence electrons. The largest absolute Gasteiger partial charge is 0.327 e. The van der Waals surface area contributed by atoms with E-state index >= 15 is 0 Å². The second-order valence-electron chi connectivity index (χ2n) is 7.46. The highest BCUT2D eigenvalue weighted by molar-refractivity contribution is 5.82. The van der Waals surface area contributed by atoms with Gasteiger partial charge in [0.2, 0.25) is 0 Å². The highest BCUT2D eigenvalue weighted by atomic mass is 15.2. The maximum absolute atomic E-state index is 8.97. The van der Waals surface area contributed by atoms with Gasteiger partial charge in [-0.3, -0.25) is 4.90 Å². The van der Waals surface area contributed by atoms with Gasteiger partial charge in [0.25, 0.3) is 0 Å². The molecule has 0 amide bonds. The summed E-state index contributed by atoms with van der Waals surface area (Å²) in [6, 6.07) is 17.2. The second kappa shape index (κ2) is 6.26. The molecule has 1 aromatic heterocycles. The fourth-order valence-electron chi connectivity index (χ4n) is 4.53. The van der Waals surface area contributed by atoms with E-state index in [1.165, 1.54) is 37.1 Å². The summed E-state index contributed by atoms with van der Waals surface area (Å²) >= 11 is 0. The molecular formula is C22H22N4. The smallest absolute Gasteiger partial charge is 0.111 e.